The molecule has 112 heavy (non-hydrogen) atoms. The predicted molar refractivity (Wildman–Crippen MR) is 374 cm³/mol. The first kappa shape index (κ1) is 92.9. The molecule has 0 aromatic carbocycles. The number of ether oxygens (including phenoxy) is 16. The van der Waals surface area contributed by atoms with Gasteiger partial charge in [0.2, 0.25) is 23.6 Å². The SMILES string of the molecule is CCC1OC(OC2C(C(C)=O)OC(OC3C(O)C(CC)OC(OC4C(C(C)=O)OC(OC5C(O)C(CC)OC(C(C)(C)C)C5NC(C)=O)C(O)C4O)C3NC(C)=O)C(O)C2O)C(NC(C)=O)C(OC2OC(C(C)=O)C(OC3OC(CC)C(O)C(OC4OC(C(C)=O)C(OC(C)(C)C)C(O)C4O)C3NC(C)=O)C(O)C2O)C1O. The van der Waals surface area contributed by atoms with Crippen molar-refractivity contribution in [3.8, 4) is 0 Å². The van der Waals surface area contributed by atoms with Crippen molar-refractivity contribution in [3.63, 3.8) is 0 Å². The molecule has 8 heterocycles. The minimum atomic E-state index is -2.30. The van der Waals surface area contributed by atoms with Gasteiger partial charge in [-0.2, -0.15) is 0 Å². The Morgan fingerprint density at radius 1 is 0.277 bits per heavy atom. The van der Waals surface area contributed by atoms with Crippen LogP contribution in [0.3, 0.4) is 0 Å². The third kappa shape index (κ3) is 20.9. The highest BCUT2D eigenvalue weighted by molar-refractivity contribution is 5.83. The summed E-state index contributed by atoms with van der Waals surface area (Å²) in [6.07, 6.45) is -64.4. The number of nitrogens with one attached hydrogen (secondary N) is 4. The number of ketones is 4. The molecular formula is C72H118N4O36. The van der Waals surface area contributed by atoms with Crippen molar-refractivity contribution >= 4 is 46.8 Å². The monoisotopic (exact) mass is 1610 g/mol. The molecule has 0 bridgehead atoms. The van der Waals surface area contributed by atoms with Crippen LogP contribution in [0.15, 0.2) is 0 Å². The molecule has 40 atom stereocenters. The summed E-state index contributed by atoms with van der Waals surface area (Å²) in [5.74, 6) is -6.24. The molecule has 8 aliphatic heterocycles. The van der Waals surface area contributed by atoms with Crippen molar-refractivity contribution in [3.05, 3.63) is 0 Å². The summed E-state index contributed by atoms with van der Waals surface area (Å²) >= 11 is 0. The number of carbonyl (C=O) groups is 8. The van der Waals surface area contributed by atoms with E-state index in [4.69, 9.17) is 75.8 Å². The van der Waals surface area contributed by atoms with Crippen LogP contribution in [-0.2, 0) is 114 Å². The fourth-order valence-electron chi connectivity index (χ4n) is 15.5. The highest BCUT2D eigenvalue weighted by Gasteiger charge is 2.62. The zero-order valence-corrected chi connectivity index (χ0v) is 66.1. The molecule has 16 N–H and O–H groups in total. The predicted octanol–water partition coefficient (Wildman–Crippen LogP) is -5.90. The molecule has 8 fully saturated rings. The van der Waals surface area contributed by atoms with Crippen molar-refractivity contribution in [1.82, 2.24) is 21.3 Å². The molecule has 0 spiro atoms. The summed E-state index contributed by atoms with van der Waals surface area (Å²) in [6.45, 7) is 25.5. The molecular weight excluding hydrogens is 1500 g/mol. The molecule has 40 heteroatoms. The van der Waals surface area contributed by atoms with Crippen LogP contribution in [0.5, 0.6) is 0 Å². The van der Waals surface area contributed by atoms with Crippen LogP contribution >= 0.6 is 0 Å². The molecule has 642 valence electrons. The number of carbonyl (C=O) groups excluding carboxylic acids is 8. The molecule has 8 aliphatic rings. The summed E-state index contributed by atoms with van der Waals surface area (Å²) in [5, 5.41) is 153. The van der Waals surface area contributed by atoms with E-state index in [0.29, 0.717) is 0 Å². The van der Waals surface area contributed by atoms with Crippen LogP contribution in [0.4, 0.5) is 0 Å². The van der Waals surface area contributed by atoms with Crippen molar-refractivity contribution in [2.75, 3.05) is 0 Å². The van der Waals surface area contributed by atoms with Gasteiger partial charge in [0.1, 0.15) is 165 Å². The quantitative estimate of drug-likeness (QED) is 0.0364. The lowest BCUT2D eigenvalue weighted by Gasteiger charge is -2.52. The highest BCUT2D eigenvalue weighted by atomic mass is 16.8. The largest absolute Gasteiger partial charge is 0.388 e. The average molecular weight is 1620 g/mol. The van der Waals surface area contributed by atoms with Gasteiger partial charge >= 0.3 is 0 Å². The maximum absolute atomic E-state index is 13.9. The van der Waals surface area contributed by atoms with Gasteiger partial charge in [-0.25, -0.2) is 0 Å². The molecule has 0 aromatic rings. The molecule has 0 aromatic heterocycles. The topological polar surface area (TPSA) is 575 Å². The van der Waals surface area contributed by atoms with Crippen LogP contribution < -0.4 is 21.3 Å². The van der Waals surface area contributed by atoms with Crippen molar-refractivity contribution < 1.29 is 175 Å². The molecule has 4 amide bonds. The number of hydrogen-bond acceptors (Lipinski definition) is 36. The van der Waals surface area contributed by atoms with Gasteiger partial charge < -0.3 is 158 Å². The Morgan fingerprint density at radius 3 is 0.714 bits per heavy atom. The molecule has 40 unspecified atom stereocenters. The molecule has 40 nitrogen and oxygen atoms in total. The summed E-state index contributed by atoms with van der Waals surface area (Å²) in [6, 6.07) is -6.24. The van der Waals surface area contributed by atoms with Gasteiger partial charge in [-0.1, -0.05) is 48.5 Å². The van der Waals surface area contributed by atoms with E-state index >= 15 is 0 Å². The van der Waals surface area contributed by atoms with E-state index in [0.717, 1.165) is 48.5 Å². The van der Waals surface area contributed by atoms with Gasteiger partial charge in [0.15, 0.2) is 67.2 Å². The lowest BCUT2D eigenvalue weighted by molar-refractivity contribution is -0.377. The number of rotatable bonds is 27. The Kier molecular flexibility index (Phi) is 31.9. The summed E-state index contributed by atoms with van der Waals surface area (Å²) in [5.41, 5.74) is -1.63. The first-order valence-corrected chi connectivity index (χ1v) is 38.0. The highest BCUT2D eigenvalue weighted by Crippen LogP contribution is 2.42. The molecule has 0 aliphatic carbocycles. The van der Waals surface area contributed by atoms with Gasteiger partial charge in [-0.05, 0) is 79.6 Å². The first-order valence-electron chi connectivity index (χ1n) is 38.0. The fourth-order valence-corrected chi connectivity index (χ4v) is 15.5. The Morgan fingerprint density at radius 2 is 0.491 bits per heavy atom. The van der Waals surface area contributed by atoms with Crippen molar-refractivity contribution in [2.45, 2.75) is 401 Å². The zero-order chi connectivity index (χ0) is 83.7. The Bertz CT molecular complexity index is 3200. The lowest BCUT2D eigenvalue weighted by Crippen LogP contribution is -2.71. The third-order valence-electron chi connectivity index (χ3n) is 21.0. The van der Waals surface area contributed by atoms with E-state index < -0.39 is 303 Å². The van der Waals surface area contributed by atoms with E-state index in [2.05, 4.69) is 21.3 Å². The van der Waals surface area contributed by atoms with Crippen LogP contribution in [0.25, 0.3) is 0 Å². The summed E-state index contributed by atoms with van der Waals surface area (Å²) < 4.78 is 98.8. The summed E-state index contributed by atoms with van der Waals surface area (Å²) in [7, 11) is 0. The number of aliphatic hydroxyl groups excluding tert-OH is 12. The van der Waals surface area contributed by atoms with Gasteiger partial charge in [0.25, 0.3) is 0 Å². The van der Waals surface area contributed by atoms with Gasteiger partial charge in [-0.15, -0.1) is 0 Å². The lowest BCUT2D eigenvalue weighted by atomic mass is 9.78. The maximum atomic E-state index is 13.9. The Balaban J connectivity index is 1.01. The summed E-state index contributed by atoms with van der Waals surface area (Å²) in [4.78, 5) is 106. The minimum absolute atomic E-state index is 0.00833. The zero-order valence-electron chi connectivity index (χ0n) is 66.1. The molecule has 0 radical (unpaired) electrons. The van der Waals surface area contributed by atoms with Crippen LogP contribution in [0.2, 0.25) is 0 Å². The number of aliphatic hydroxyl groups is 12. The number of amides is 4. The normalized spacial score (nSPS) is 44.9. The first-order chi connectivity index (χ1) is 52.2. The maximum Gasteiger partial charge on any atom is 0.217 e. The number of Topliss-reactive ketones (excluding diaryl/α,β-unsaturated/α-hetero) is 4. The van der Waals surface area contributed by atoms with Crippen LogP contribution in [0, 0.1) is 5.41 Å². The van der Waals surface area contributed by atoms with E-state index in [-0.39, 0.29) is 25.7 Å². The Labute approximate surface area is 647 Å². The molecule has 8 rings (SSSR count). The van der Waals surface area contributed by atoms with E-state index in [1.165, 1.54) is 13.8 Å². The third-order valence-corrected chi connectivity index (χ3v) is 21.0. The molecule has 0 saturated carbocycles. The fraction of sp³-hybridized carbons (Fsp3) is 0.889. The number of hydrogen-bond donors (Lipinski definition) is 16. The van der Waals surface area contributed by atoms with E-state index in [1.54, 1.807) is 41.5 Å². The second-order valence-corrected chi connectivity index (χ2v) is 32.1. The second kappa shape index (κ2) is 38.4. The van der Waals surface area contributed by atoms with Gasteiger partial charge in [0.05, 0.1) is 42.2 Å². The van der Waals surface area contributed by atoms with Gasteiger partial charge in [0, 0.05) is 27.7 Å². The van der Waals surface area contributed by atoms with Crippen LogP contribution in [-0.4, -0.2) is 359 Å². The smallest absolute Gasteiger partial charge is 0.217 e. The Hall–Kier alpha value is -4.56. The average Bonchev–Trinajstić information content (AvgIpc) is 0.755. The standard InChI is InChI=1S/C72H118N4O36/c1-19-31-39(85)55(35(73-27(9)81)63(97-31)71(13,14)15)105-67-47(93)43(89)59(51(101-67)23(5)77)109-64-36(74-28(10)82)56(40(86)32(20-2)98-64)106-68-48(94)44(90)60(52(102-68)24(6)78)110-65-37(75-29(11)83)57(41(87)33(21-3)99-65)107-69-49(95)45(91)61(53(103-69)25(7)79)111-66-38(76-30(12)84)58(42(88)34(22-4)100-66)108-70-50(96)46(92)62(112-72(16,17)18)54(104-70)26(8)80/h31-70,85-96H,19-22H2,1-18H3,(H,73,81)(H,74,82)(H,75,83)(H,76,84). The van der Waals surface area contributed by atoms with Crippen LogP contribution in [0.1, 0.15) is 150 Å². The van der Waals surface area contributed by atoms with Crippen molar-refractivity contribution in [2.24, 2.45) is 5.41 Å². The second-order valence-electron chi connectivity index (χ2n) is 32.1. The van der Waals surface area contributed by atoms with E-state index in [1.807, 2.05) is 20.8 Å². The minimum Gasteiger partial charge on any atom is -0.388 e. The van der Waals surface area contributed by atoms with E-state index in [9.17, 15) is 99.6 Å². The van der Waals surface area contributed by atoms with Gasteiger partial charge in [-0.3, -0.25) is 38.4 Å². The molecule has 8 saturated heterocycles. The van der Waals surface area contributed by atoms with Crippen molar-refractivity contribution in [1.29, 1.82) is 0 Å².